The van der Waals surface area contributed by atoms with Crippen LogP contribution in [0.25, 0.3) is 0 Å². The first-order chi connectivity index (χ1) is 5.46. The number of alkyl halides is 6. The van der Waals surface area contributed by atoms with Crippen molar-refractivity contribution in [3.8, 4) is 0 Å². The molecule has 1 radical (unpaired) electrons. The second kappa shape index (κ2) is 7.78. The molecule has 0 nitrogen and oxygen atoms in total. The van der Waals surface area contributed by atoms with E-state index in [0.29, 0.717) is 0 Å². The van der Waals surface area contributed by atoms with Crippen LogP contribution in [-0.2, 0) is 16.8 Å². The van der Waals surface area contributed by atoms with E-state index in [1.807, 2.05) is 0 Å². The van der Waals surface area contributed by atoms with Crippen molar-refractivity contribution < 1.29 is 16.8 Å². The molecule has 89 valence electrons. The summed E-state index contributed by atoms with van der Waals surface area (Å²) in [6.07, 6.45) is 0. The van der Waals surface area contributed by atoms with E-state index in [1.54, 1.807) is 0 Å². The summed E-state index contributed by atoms with van der Waals surface area (Å²) >= 11 is 35.3. The Balaban J connectivity index is 0. The number of rotatable bonds is 0. The van der Waals surface area contributed by atoms with Crippen molar-refractivity contribution in [1.82, 2.24) is 0 Å². The normalized spacial score (nSPS) is 47.6. The van der Waals surface area contributed by atoms with Crippen LogP contribution in [0.2, 0.25) is 0 Å². The van der Waals surface area contributed by atoms with Crippen molar-refractivity contribution in [1.29, 1.82) is 0 Å². The largest absolute Gasteiger partial charge is 0.147 e. The minimum Gasteiger partial charge on any atom is -0.147 e. The molecule has 0 heterocycles. The molecule has 1 saturated carbocycles. The summed E-state index contributed by atoms with van der Waals surface area (Å²) in [4.78, 5) is 0. The summed E-state index contributed by atoms with van der Waals surface area (Å²) < 4.78 is 0. The van der Waals surface area contributed by atoms with Gasteiger partial charge in [0.05, 0.1) is 32.3 Å². The molecule has 14 heavy (non-hydrogen) atoms. The van der Waals surface area contributed by atoms with Crippen LogP contribution < -0.4 is 0 Å². The van der Waals surface area contributed by atoms with Gasteiger partial charge in [-0.2, -0.15) is 0 Å². The average Bonchev–Trinajstić information content (AvgIpc) is 2.08. The molecule has 0 saturated heterocycles. The summed E-state index contributed by atoms with van der Waals surface area (Å²) in [7, 11) is 0. The average molecular weight is 386 g/mol. The van der Waals surface area contributed by atoms with Crippen LogP contribution in [0.15, 0.2) is 0 Å². The quantitative estimate of drug-likeness (QED) is 0.551. The molecule has 0 bridgehead atoms. The van der Waals surface area contributed by atoms with E-state index in [1.165, 1.54) is 0 Å². The van der Waals surface area contributed by atoms with Gasteiger partial charge in [0.15, 0.2) is 0 Å². The van der Waals surface area contributed by atoms with Crippen LogP contribution in [0.5, 0.6) is 0 Å². The maximum atomic E-state index is 5.88. The van der Waals surface area contributed by atoms with E-state index >= 15 is 0 Å². The van der Waals surface area contributed by atoms with E-state index in [9.17, 15) is 0 Å². The Morgan fingerprint density at radius 2 is 0.500 bits per heavy atom. The Kier molecular flexibility index (Phi) is 10.5. The second-order valence-corrected chi connectivity index (χ2v) is 5.69. The zero-order valence-electron chi connectivity index (χ0n) is 6.47. The molecule has 1 fully saturated rings. The third-order valence-corrected chi connectivity index (χ3v) is 5.86. The summed E-state index contributed by atoms with van der Waals surface area (Å²) in [5.41, 5.74) is 0. The van der Waals surface area contributed by atoms with Crippen molar-refractivity contribution in [2.24, 2.45) is 0 Å². The number of hydrogen-bond acceptors (Lipinski definition) is 0. The topological polar surface area (TPSA) is 0 Å². The Hall–Kier alpha value is 2.54. The molecule has 0 spiro atoms. The predicted octanol–water partition coefficient (Wildman–Crippen LogP) is 4.06. The molecule has 1 rings (SSSR count). The Morgan fingerprint density at radius 1 is 0.429 bits per heavy atom. The third kappa shape index (κ3) is 3.78. The van der Waals surface area contributed by atoms with Gasteiger partial charge < -0.3 is 0 Å². The smallest absolute Gasteiger partial charge is 0.0693 e. The first kappa shape index (κ1) is 18.9. The van der Waals surface area contributed by atoms with E-state index < -0.39 is 32.3 Å². The van der Waals surface area contributed by atoms with E-state index in [0.717, 1.165) is 0 Å². The summed E-state index contributed by atoms with van der Waals surface area (Å²) in [5.74, 6) is 0. The molecular weight excluding hydrogens is 379 g/mol. The number of halogens is 7. The zero-order chi connectivity index (χ0) is 9.46. The van der Waals surface area contributed by atoms with Gasteiger partial charge in [-0.15, -0.1) is 82.0 Å². The minimum atomic E-state index is -0.437. The van der Waals surface area contributed by atoms with Crippen molar-refractivity contribution in [3.63, 3.8) is 0 Å². The molecule has 0 amide bonds. The molecule has 0 aliphatic heterocycles. The standard InChI is InChI=1S/C6H6Cl6.ClH.Co/c7-1-2(8)4(10)6(12)5(11)3(1)9;;/h1-6H;1H;. The fourth-order valence-electron chi connectivity index (χ4n) is 1.05. The Bertz CT molecular complexity index is 110. The molecule has 0 aromatic heterocycles. The van der Waals surface area contributed by atoms with Crippen molar-refractivity contribution >= 4 is 82.0 Å². The van der Waals surface area contributed by atoms with E-state index in [2.05, 4.69) is 0 Å². The van der Waals surface area contributed by atoms with Gasteiger partial charge in [0.25, 0.3) is 0 Å². The van der Waals surface area contributed by atoms with Crippen LogP contribution in [-0.4, -0.2) is 32.3 Å². The molecule has 0 atom stereocenters. The first-order valence-corrected chi connectivity index (χ1v) is 5.93. The summed E-state index contributed by atoms with van der Waals surface area (Å²) in [6.45, 7) is 0. The van der Waals surface area contributed by atoms with Gasteiger partial charge in [0, 0.05) is 16.8 Å². The SMILES string of the molecule is Cl.ClC1C(Cl)C(Cl)C(Cl)C(Cl)C1Cl.[Co]. The Labute approximate surface area is 130 Å². The number of hydrogen-bond donors (Lipinski definition) is 0. The maximum Gasteiger partial charge on any atom is 0.0693 e. The van der Waals surface area contributed by atoms with Gasteiger partial charge >= 0.3 is 0 Å². The summed E-state index contributed by atoms with van der Waals surface area (Å²) in [6, 6.07) is 0. The van der Waals surface area contributed by atoms with Crippen molar-refractivity contribution in [2.45, 2.75) is 32.3 Å². The van der Waals surface area contributed by atoms with E-state index in [-0.39, 0.29) is 29.2 Å². The molecule has 0 aromatic carbocycles. The van der Waals surface area contributed by atoms with Crippen molar-refractivity contribution in [3.05, 3.63) is 0 Å². The molecule has 0 aromatic rings. The van der Waals surface area contributed by atoms with Gasteiger partial charge in [-0.3, -0.25) is 0 Å². The minimum absolute atomic E-state index is 0. The first-order valence-electron chi connectivity index (χ1n) is 3.31. The fourth-order valence-corrected chi connectivity index (χ4v) is 3.38. The van der Waals surface area contributed by atoms with Gasteiger partial charge in [-0.25, -0.2) is 0 Å². The maximum absolute atomic E-state index is 5.88. The van der Waals surface area contributed by atoms with Gasteiger partial charge in [-0.05, 0) is 0 Å². The Morgan fingerprint density at radius 3 is 0.571 bits per heavy atom. The van der Waals surface area contributed by atoms with E-state index in [4.69, 9.17) is 69.6 Å². The zero-order valence-corrected chi connectivity index (χ0v) is 12.9. The van der Waals surface area contributed by atoms with Gasteiger partial charge in [0.1, 0.15) is 0 Å². The van der Waals surface area contributed by atoms with Crippen LogP contribution in [0.1, 0.15) is 0 Å². The van der Waals surface area contributed by atoms with Crippen molar-refractivity contribution in [2.75, 3.05) is 0 Å². The molecule has 8 heteroatoms. The molecular formula is C6H7Cl7Co. The second-order valence-electron chi connectivity index (χ2n) is 2.67. The van der Waals surface area contributed by atoms with Crippen LogP contribution >= 0.6 is 82.0 Å². The van der Waals surface area contributed by atoms with Gasteiger partial charge in [-0.1, -0.05) is 0 Å². The summed E-state index contributed by atoms with van der Waals surface area (Å²) in [5, 5.41) is -2.62. The van der Waals surface area contributed by atoms with Crippen LogP contribution in [0.3, 0.4) is 0 Å². The molecule has 1 aliphatic rings. The third-order valence-electron chi connectivity index (χ3n) is 1.83. The van der Waals surface area contributed by atoms with Crippen LogP contribution in [0, 0.1) is 0 Å². The molecule has 1 aliphatic carbocycles. The molecule has 0 unspecified atom stereocenters. The fraction of sp³-hybridized carbons (Fsp3) is 1.00. The van der Waals surface area contributed by atoms with Crippen LogP contribution in [0.4, 0.5) is 0 Å². The monoisotopic (exact) mass is 383 g/mol. The predicted molar refractivity (Wildman–Crippen MR) is 65.1 cm³/mol. The molecule has 0 N–H and O–H groups in total. The van der Waals surface area contributed by atoms with Gasteiger partial charge in [0.2, 0.25) is 0 Å².